The first-order valence-electron chi connectivity index (χ1n) is 6.31. The van der Waals surface area contributed by atoms with Crippen LogP contribution in [-0.4, -0.2) is 46.4 Å². The number of hydrogen-bond acceptors (Lipinski definition) is 4. The van der Waals surface area contributed by atoms with E-state index in [-0.39, 0.29) is 12.3 Å². The van der Waals surface area contributed by atoms with Crippen LogP contribution in [-0.2, 0) is 9.59 Å². The minimum Gasteiger partial charge on any atom is -0.480 e. The van der Waals surface area contributed by atoms with Gasteiger partial charge in [-0.3, -0.25) is 9.59 Å². The second-order valence-electron chi connectivity index (χ2n) is 4.89. The molecule has 108 valence electrons. The van der Waals surface area contributed by atoms with Crippen molar-refractivity contribution in [1.82, 2.24) is 10.2 Å². The number of amides is 2. The highest BCUT2D eigenvalue weighted by atomic mass is 16.4. The highest BCUT2D eigenvalue weighted by molar-refractivity contribution is 5.95. The summed E-state index contributed by atoms with van der Waals surface area (Å²) in [5, 5.41) is 11.6. The van der Waals surface area contributed by atoms with Crippen LogP contribution >= 0.6 is 0 Å². The van der Waals surface area contributed by atoms with E-state index in [9.17, 15) is 19.5 Å². The quantitative estimate of drug-likeness (QED) is 0.835. The van der Waals surface area contributed by atoms with Crippen LogP contribution in [0.1, 0.15) is 30.3 Å². The Morgan fingerprint density at radius 3 is 2.85 bits per heavy atom. The van der Waals surface area contributed by atoms with Crippen LogP contribution in [0.3, 0.4) is 0 Å². The predicted molar refractivity (Wildman–Crippen MR) is 68.0 cm³/mol. The lowest BCUT2D eigenvalue weighted by molar-refractivity contribution is -0.154. The summed E-state index contributed by atoms with van der Waals surface area (Å²) in [6.45, 7) is 1.66. The summed E-state index contributed by atoms with van der Waals surface area (Å²) in [5.74, 6) is -1.83. The number of furan rings is 1. The Balaban J connectivity index is 1.95. The predicted octanol–water partition coefficient (Wildman–Crippen LogP) is 0.475. The van der Waals surface area contributed by atoms with Crippen LogP contribution < -0.4 is 5.32 Å². The molecule has 1 aliphatic heterocycles. The van der Waals surface area contributed by atoms with Crippen molar-refractivity contribution in [3.63, 3.8) is 0 Å². The van der Waals surface area contributed by atoms with Crippen molar-refractivity contribution in [2.24, 2.45) is 0 Å². The first-order valence-corrected chi connectivity index (χ1v) is 6.31. The summed E-state index contributed by atoms with van der Waals surface area (Å²) in [6, 6.07) is 3.05. The lowest BCUT2D eigenvalue weighted by atomic mass is 9.99. The molecule has 7 heteroatoms. The van der Waals surface area contributed by atoms with E-state index in [0.717, 1.165) is 0 Å². The van der Waals surface area contributed by atoms with Gasteiger partial charge in [-0.05, 0) is 31.9 Å². The lowest BCUT2D eigenvalue weighted by Crippen LogP contribution is -2.53. The number of carbonyl (C=O) groups excluding carboxylic acids is 2. The first-order chi connectivity index (χ1) is 9.45. The Labute approximate surface area is 115 Å². The number of likely N-dealkylation sites (tertiary alicyclic amines) is 1. The molecular weight excluding hydrogens is 264 g/mol. The molecule has 1 saturated heterocycles. The van der Waals surface area contributed by atoms with Gasteiger partial charge < -0.3 is 19.7 Å². The smallest absolute Gasteiger partial charge is 0.329 e. The molecule has 0 spiro atoms. The van der Waals surface area contributed by atoms with Gasteiger partial charge in [0.2, 0.25) is 5.91 Å². The van der Waals surface area contributed by atoms with Gasteiger partial charge in [-0.2, -0.15) is 0 Å². The van der Waals surface area contributed by atoms with E-state index in [1.807, 2.05) is 0 Å². The third-order valence-corrected chi connectivity index (χ3v) is 3.55. The van der Waals surface area contributed by atoms with Crippen molar-refractivity contribution in [3.05, 3.63) is 24.2 Å². The Kier molecular flexibility index (Phi) is 3.78. The zero-order chi connectivity index (χ0) is 14.8. The van der Waals surface area contributed by atoms with E-state index in [2.05, 4.69) is 5.32 Å². The monoisotopic (exact) mass is 280 g/mol. The molecule has 1 unspecified atom stereocenters. The van der Waals surface area contributed by atoms with Gasteiger partial charge in [-0.15, -0.1) is 0 Å². The molecule has 1 aliphatic rings. The average Bonchev–Trinajstić information content (AvgIpc) is 3.05. The maximum absolute atomic E-state index is 12.1. The Morgan fingerprint density at radius 2 is 2.25 bits per heavy atom. The molecule has 0 bridgehead atoms. The van der Waals surface area contributed by atoms with Crippen molar-refractivity contribution >= 4 is 17.8 Å². The fourth-order valence-corrected chi connectivity index (χ4v) is 2.33. The number of hydrogen-bond donors (Lipinski definition) is 2. The maximum atomic E-state index is 12.1. The second-order valence-corrected chi connectivity index (χ2v) is 4.89. The van der Waals surface area contributed by atoms with Crippen molar-refractivity contribution < 1.29 is 23.9 Å². The topological polar surface area (TPSA) is 99.9 Å². The molecule has 1 atom stereocenters. The van der Waals surface area contributed by atoms with Gasteiger partial charge >= 0.3 is 5.97 Å². The highest BCUT2D eigenvalue weighted by Crippen LogP contribution is 2.29. The van der Waals surface area contributed by atoms with Gasteiger partial charge in [0.25, 0.3) is 5.91 Å². The number of rotatable bonds is 4. The van der Waals surface area contributed by atoms with E-state index in [1.54, 1.807) is 6.07 Å². The van der Waals surface area contributed by atoms with Gasteiger partial charge in [-0.1, -0.05) is 0 Å². The van der Waals surface area contributed by atoms with Crippen molar-refractivity contribution in [2.45, 2.75) is 25.3 Å². The van der Waals surface area contributed by atoms with E-state index in [1.165, 1.54) is 24.2 Å². The number of nitrogens with zero attached hydrogens (tertiary/aromatic N) is 1. The van der Waals surface area contributed by atoms with Crippen LogP contribution in [0.2, 0.25) is 0 Å². The van der Waals surface area contributed by atoms with E-state index in [4.69, 9.17) is 4.42 Å². The first kappa shape index (κ1) is 14.1. The number of nitrogens with one attached hydrogen (secondary N) is 1. The fraction of sp³-hybridized carbons (Fsp3) is 0.462. The number of carboxylic acids is 1. The molecule has 1 fully saturated rings. The van der Waals surface area contributed by atoms with Crippen LogP contribution in [0.15, 0.2) is 22.8 Å². The van der Waals surface area contributed by atoms with Gasteiger partial charge in [0.05, 0.1) is 12.8 Å². The minimum absolute atomic E-state index is 0.111. The summed E-state index contributed by atoms with van der Waals surface area (Å²) in [4.78, 5) is 36.3. The SMILES string of the molecule is CC1(C(=O)O)CCCN1C(=O)CNC(=O)c1ccco1. The molecule has 0 radical (unpaired) electrons. The van der Waals surface area contributed by atoms with Crippen LogP contribution in [0.25, 0.3) is 0 Å². The number of carbonyl (C=O) groups is 3. The number of carboxylic acid groups (broad SMARTS) is 1. The van der Waals surface area contributed by atoms with Gasteiger partial charge in [0.1, 0.15) is 5.54 Å². The normalized spacial score (nSPS) is 21.8. The molecule has 2 N–H and O–H groups in total. The summed E-state index contributed by atoms with van der Waals surface area (Å²) >= 11 is 0. The molecule has 2 amide bonds. The van der Waals surface area contributed by atoms with Gasteiger partial charge in [0.15, 0.2) is 5.76 Å². The Morgan fingerprint density at radius 1 is 1.50 bits per heavy atom. The average molecular weight is 280 g/mol. The van der Waals surface area contributed by atoms with E-state index >= 15 is 0 Å². The molecular formula is C13H16N2O5. The molecule has 2 rings (SSSR count). The highest BCUT2D eigenvalue weighted by Gasteiger charge is 2.45. The molecule has 20 heavy (non-hydrogen) atoms. The molecule has 7 nitrogen and oxygen atoms in total. The standard InChI is InChI=1S/C13H16N2O5/c1-13(12(18)19)5-3-6-15(13)10(16)8-14-11(17)9-4-2-7-20-9/h2,4,7H,3,5-6,8H2,1H3,(H,14,17)(H,18,19). The van der Waals surface area contributed by atoms with Crippen LogP contribution in [0.4, 0.5) is 0 Å². The lowest BCUT2D eigenvalue weighted by Gasteiger charge is -2.31. The Hall–Kier alpha value is -2.31. The molecule has 0 saturated carbocycles. The van der Waals surface area contributed by atoms with Gasteiger partial charge in [0, 0.05) is 6.54 Å². The number of aliphatic carboxylic acids is 1. The molecule has 0 aliphatic carbocycles. The zero-order valence-electron chi connectivity index (χ0n) is 11.1. The summed E-state index contributed by atoms with van der Waals surface area (Å²) in [5.41, 5.74) is -1.19. The van der Waals surface area contributed by atoms with Crippen molar-refractivity contribution in [2.75, 3.05) is 13.1 Å². The minimum atomic E-state index is -1.19. The third kappa shape index (κ3) is 2.52. The molecule has 1 aromatic heterocycles. The van der Waals surface area contributed by atoms with Crippen LogP contribution in [0, 0.1) is 0 Å². The third-order valence-electron chi connectivity index (χ3n) is 3.55. The van der Waals surface area contributed by atoms with Crippen LogP contribution in [0.5, 0.6) is 0 Å². The van der Waals surface area contributed by atoms with Crippen molar-refractivity contribution in [3.8, 4) is 0 Å². The summed E-state index contributed by atoms with van der Waals surface area (Å²) in [7, 11) is 0. The summed E-state index contributed by atoms with van der Waals surface area (Å²) < 4.78 is 4.90. The Bertz CT molecular complexity index is 525. The van der Waals surface area contributed by atoms with Crippen molar-refractivity contribution in [1.29, 1.82) is 0 Å². The molecule has 2 heterocycles. The fourth-order valence-electron chi connectivity index (χ4n) is 2.33. The second kappa shape index (κ2) is 5.36. The summed E-state index contributed by atoms with van der Waals surface area (Å²) in [6.07, 6.45) is 2.42. The molecule has 0 aromatic carbocycles. The van der Waals surface area contributed by atoms with E-state index in [0.29, 0.717) is 19.4 Å². The molecule has 1 aromatic rings. The van der Waals surface area contributed by atoms with Gasteiger partial charge in [-0.25, -0.2) is 4.79 Å². The van der Waals surface area contributed by atoms with E-state index < -0.39 is 23.3 Å². The largest absolute Gasteiger partial charge is 0.480 e. The zero-order valence-corrected chi connectivity index (χ0v) is 11.1. The maximum Gasteiger partial charge on any atom is 0.329 e.